The fraction of sp³-hybridized carbons (Fsp3) is 0.560. The second kappa shape index (κ2) is 20.8. The molecule has 2 N–H and O–H groups in total. The Morgan fingerprint density at radius 1 is 0.759 bits per heavy atom. The lowest BCUT2D eigenvalue weighted by atomic mass is 10.0. The first-order valence-electron chi connectivity index (χ1n) is 10.9. The van der Waals surface area contributed by atoms with Crippen molar-refractivity contribution < 1.29 is 19.7 Å². The van der Waals surface area contributed by atoms with Crippen LogP contribution < -0.4 is 0 Å². The van der Waals surface area contributed by atoms with E-state index < -0.39 is 6.10 Å². The zero-order chi connectivity index (χ0) is 21.6. The topological polar surface area (TPSA) is 66.8 Å². The van der Waals surface area contributed by atoms with Crippen molar-refractivity contribution in [3.63, 3.8) is 0 Å². The predicted molar refractivity (Wildman–Crippen MR) is 122 cm³/mol. The van der Waals surface area contributed by atoms with Crippen LogP contribution in [0.25, 0.3) is 0 Å². The smallest absolute Gasteiger partial charge is 0.309 e. The summed E-state index contributed by atoms with van der Waals surface area (Å²) < 4.78 is 5.09. The maximum atomic E-state index is 12.0. The zero-order valence-electron chi connectivity index (χ0n) is 18.2. The summed E-state index contributed by atoms with van der Waals surface area (Å²) in [6, 6.07) is 0. The lowest BCUT2D eigenvalue weighted by Crippen LogP contribution is -2.29. The van der Waals surface area contributed by atoms with Crippen LogP contribution in [-0.2, 0) is 9.53 Å². The van der Waals surface area contributed by atoms with Gasteiger partial charge in [0, 0.05) is 0 Å². The number of aliphatic hydroxyl groups is 2. The number of hydrogen-bond acceptors (Lipinski definition) is 4. The third kappa shape index (κ3) is 16.7. The van der Waals surface area contributed by atoms with Gasteiger partial charge < -0.3 is 14.9 Å². The molecule has 0 amide bonds. The molecule has 0 aliphatic carbocycles. The molecule has 0 aromatic heterocycles. The quantitative estimate of drug-likeness (QED) is 0.250. The van der Waals surface area contributed by atoms with Crippen LogP contribution in [0.4, 0.5) is 0 Å². The van der Waals surface area contributed by atoms with Gasteiger partial charge in [-0.25, -0.2) is 0 Å². The SMILES string of the molecule is CC/C=C/C/C=C/C/C=C/C/C=C/C/C=C/CCC(CC)C(=O)OC(CO)CO. The van der Waals surface area contributed by atoms with Gasteiger partial charge in [-0.15, -0.1) is 0 Å². The van der Waals surface area contributed by atoms with Gasteiger partial charge in [0.15, 0.2) is 0 Å². The molecule has 1 unspecified atom stereocenters. The Labute approximate surface area is 177 Å². The number of ether oxygens (including phenoxy) is 1. The molecule has 4 nitrogen and oxygen atoms in total. The Hall–Kier alpha value is -1.91. The number of carbonyl (C=O) groups is 1. The summed E-state index contributed by atoms with van der Waals surface area (Å²) >= 11 is 0. The highest BCUT2D eigenvalue weighted by Crippen LogP contribution is 2.15. The average molecular weight is 405 g/mol. The highest BCUT2D eigenvalue weighted by Gasteiger charge is 2.20. The van der Waals surface area contributed by atoms with Gasteiger partial charge in [-0.05, 0) is 51.4 Å². The first-order chi connectivity index (χ1) is 14.2. The standard InChI is InChI=1S/C25H40O4/c1-3-5-6-7-8-9-10-11-12-13-14-15-16-17-18-19-20-23(4-2)25(28)29-24(21-26)22-27/h5-6,8-9,11-12,14-15,17-18,23-24,26-27H,3-4,7,10,13,16,19-22H2,1-2H3/b6-5+,9-8+,12-11+,15-14+,18-17+. The zero-order valence-corrected chi connectivity index (χ0v) is 18.2. The van der Waals surface area contributed by atoms with Crippen LogP contribution in [0.5, 0.6) is 0 Å². The summed E-state index contributed by atoms with van der Waals surface area (Å²) in [4.78, 5) is 12.0. The molecule has 4 heteroatoms. The van der Waals surface area contributed by atoms with E-state index in [0.29, 0.717) is 12.8 Å². The molecule has 164 valence electrons. The van der Waals surface area contributed by atoms with E-state index in [4.69, 9.17) is 14.9 Å². The lowest BCUT2D eigenvalue weighted by Gasteiger charge is -2.17. The molecule has 0 aliphatic heterocycles. The van der Waals surface area contributed by atoms with Gasteiger partial charge in [0.25, 0.3) is 0 Å². The van der Waals surface area contributed by atoms with Crippen molar-refractivity contribution in [2.45, 2.75) is 71.3 Å². The van der Waals surface area contributed by atoms with E-state index >= 15 is 0 Å². The maximum absolute atomic E-state index is 12.0. The molecule has 0 saturated heterocycles. The Morgan fingerprint density at radius 2 is 1.21 bits per heavy atom. The molecule has 29 heavy (non-hydrogen) atoms. The number of allylic oxidation sites excluding steroid dienone is 10. The molecule has 0 rings (SSSR count). The third-order valence-electron chi connectivity index (χ3n) is 4.36. The molecule has 0 aromatic carbocycles. The number of aliphatic hydroxyl groups excluding tert-OH is 2. The first kappa shape index (κ1) is 27.1. The minimum Gasteiger partial charge on any atom is -0.457 e. The highest BCUT2D eigenvalue weighted by molar-refractivity contribution is 5.72. The summed E-state index contributed by atoms with van der Waals surface area (Å²) in [7, 11) is 0. The fourth-order valence-electron chi connectivity index (χ4n) is 2.55. The monoisotopic (exact) mass is 404 g/mol. The molecule has 0 radical (unpaired) electrons. The van der Waals surface area contributed by atoms with Gasteiger partial charge in [0.1, 0.15) is 6.10 Å². The van der Waals surface area contributed by atoms with Crippen LogP contribution in [0, 0.1) is 5.92 Å². The van der Waals surface area contributed by atoms with E-state index in [9.17, 15) is 4.79 Å². The molecule has 0 aromatic rings. The van der Waals surface area contributed by atoms with Crippen LogP contribution in [-0.4, -0.2) is 35.5 Å². The Morgan fingerprint density at radius 3 is 1.62 bits per heavy atom. The van der Waals surface area contributed by atoms with Gasteiger partial charge in [-0.2, -0.15) is 0 Å². The molecule has 0 fully saturated rings. The predicted octanol–water partition coefficient (Wildman–Crippen LogP) is 5.44. The molecule has 0 bridgehead atoms. The molecular formula is C25H40O4. The van der Waals surface area contributed by atoms with E-state index in [1.807, 2.05) is 6.92 Å². The van der Waals surface area contributed by atoms with Crippen molar-refractivity contribution in [2.24, 2.45) is 5.92 Å². The van der Waals surface area contributed by atoms with Crippen LogP contribution in [0.2, 0.25) is 0 Å². The molecule has 1 atom stereocenters. The van der Waals surface area contributed by atoms with Gasteiger partial charge in [-0.3, -0.25) is 4.79 Å². The Balaban J connectivity index is 3.86. The Bertz CT molecular complexity index is 525. The van der Waals surface area contributed by atoms with Crippen molar-refractivity contribution in [1.82, 2.24) is 0 Å². The van der Waals surface area contributed by atoms with Crippen molar-refractivity contribution in [3.8, 4) is 0 Å². The summed E-state index contributed by atoms with van der Waals surface area (Å²) in [5, 5.41) is 18.0. The summed E-state index contributed by atoms with van der Waals surface area (Å²) in [6.07, 6.45) is 27.9. The van der Waals surface area contributed by atoms with Crippen molar-refractivity contribution >= 4 is 5.97 Å². The normalized spacial score (nSPS) is 13.8. The van der Waals surface area contributed by atoms with Gasteiger partial charge in [0.05, 0.1) is 19.1 Å². The van der Waals surface area contributed by atoms with Gasteiger partial charge >= 0.3 is 5.97 Å². The highest BCUT2D eigenvalue weighted by atomic mass is 16.6. The minimum atomic E-state index is -0.815. The van der Waals surface area contributed by atoms with Crippen molar-refractivity contribution in [1.29, 1.82) is 0 Å². The largest absolute Gasteiger partial charge is 0.457 e. The molecule has 0 heterocycles. The first-order valence-corrected chi connectivity index (χ1v) is 10.9. The molecule has 0 saturated carbocycles. The van der Waals surface area contributed by atoms with Gasteiger partial charge in [-0.1, -0.05) is 74.6 Å². The summed E-state index contributed by atoms with van der Waals surface area (Å²) in [5.41, 5.74) is 0. The van der Waals surface area contributed by atoms with Crippen LogP contribution in [0.1, 0.15) is 65.2 Å². The number of carbonyl (C=O) groups excluding carboxylic acids is 1. The lowest BCUT2D eigenvalue weighted by molar-refractivity contribution is -0.158. The second-order valence-electron chi connectivity index (χ2n) is 6.81. The molecule has 0 spiro atoms. The second-order valence-corrected chi connectivity index (χ2v) is 6.81. The van der Waals surface area contributed by atoms with E-state index in [-0.39, 0.29) is 25.1 Å². The van der Waals surface area contributed by atoms with E-state index in [1.54, 1.807) is 0 Å². The van der Waals surface area contributed by atoms with E-state index in [0.717, 1.165) is 38.5 Å². The number of rotatable bonds is 17. The average Bonchev–Trinajstić information content (AvgIpc) is 2.74. The molecule has 0 aliphatic rings. The fourth-order valence-corrected chi connectivity index (χ4v) is 2.55. The van der Waals surface area contributed by atoms with Crippen LogP contribution >= 0.6 is 0 Å². The number of hydrogen-bond donors (Lipinski definition) is 2. The summed E-state index contributed by atoms with van der Waals surface area (Å²) in [6.45, 7) is 3.38. The van der Waals surface area contributed by atoms with Crippen molar-refractivity contribution in [3.05, 3.63) is 60.8 Å². The van der Waals surface area contributed by atoms with Crippen molar-refractivity contribution in [2.75, 3.05) is 13.2 Å². The third-order valence-corrected chi connectivity index (χ3v) is 4.36. The number of esters is 1. The summed E-state index contributed by atoms with van der Waals surface area (Å²) in [5.74, 6) is -0.536. The Kier molecular flexibility index (Phi) is 19.4. The molecular weight excluding hydrogens is 364 g/mol. The van der Waals surface area contributed by atoms with Crippen LogP contribution in [0.15, 0.2) is 60.8 Å². The maximum Gasteiger partial charge on any atom is 0.309 e. The minimum absolute atomic E-state index is 0.197. The van der Waals surface area contributed by atoms with E-state index in [1.165, 1.54) is 0 Å². The van der Waals surface area contributed by atoms with Gasteiger partial charge in [0.2, 0.25) is 0 Å². The van der Waals surface area contributed by atoms with Crippen LogP contribution in [0.3, 0.4) is 0 Å². The van der Waals surface area contributed by atoms with E-state index in [2.05, 4.69) is 67.7 Å².